The summed E-state index contributed by atoms with van der Waals surface area (Å²) < 4.78 is 142. The predicted molar refractivity (Wildman–Crippen MR) is 65.8 cm³/mol. The van der Waals surface area contributed by atoms with Crippen molar-refractivity contribution in [3.05, 3.63) is 12.2 Å². The van der Waals surface area contributed by atoms with Gasteiger partial charge in [0.25, 0.3) is 0 Å². The predicted octanol–water partition coefficient (Wildman–Crippen LogP) is 3.74. The number of alkyl halides is 10. The second-order valence-electron chi connectivity index (χ2n) is 6.16. The molecular weight excluding hydrogens is 410 g/mol. The van der Waals surface area contributed by atoms with E-state index in [2.05, 4.69) is 16.1 Å². The maximum Gasteiger partial charge on any atom is 0.423 e. The Morgan fingerprint density at radius 3 is 1.70 bits per heavy atom. The first-order valence-electron chi connectivity index (χ1n) is 6.74. The zero-order chi connectivity index (χ0) is 22.1. The van der Waals surface area contributed by atoms with Crippen molar-refractivity contribution in [3.8, 4) is 0 Å². The van der Waals surface area contributed by atoms with Crippen LogP contribution in [0.5, 0.6) is 0 Å². The van der Waals surface area contributed by atoms with E-state index < -0.39 is 66.6 Å². The molecule has 158 valence electrons. The fourth-order valence-corrected chi connectivity index (χ4v) is 2.35. The number of rotatable bonds is 2. The van der Waals surface area contributed by atoms with E-state index in [0.29, 0.717) is 0 Å². The number of carbonyl (C=O) groups excluding carboxylic acids is 1. The molecule has 1 saturated heterocycles. The number of carbonyl (C=O) groups is 1. The highest BCUT2D eigenvalue weighted by Crippen LogP contribution is 2.63. The van der Waals surface area contributed by atoms with Crippen LogP contribution in [0.25, 0.3) is 0 Å². The first-order chi connectivity index (χ1) is 11.5. The van der Waals surface area contributed by atoms with Gasteiger partial charge in [0.05, 0.1) is 0 Å². The fourth-order valence-electron chi connectivity index (χ4n) is 2.35. The molecule has 0 amide bonds. The average molecular weight is 422 g/mol. The quantitative estimate of drug-likeness (QED) is 0.419. The number of aliphatic hydroxyl groups is 1. The molecule has 3 atom stereocenters. The Bertz CT molecular complexity index is 650. The second kappa shape index (κ2) is 5.72. The summed E-state index contributed by atoms with van der Waals surface area (Å²) in [5.74, 6) is -18.5. The van der Waals surface area contributed by atoms with Gasteiger partial charge in [-0.05, 0) is 20.8 Å². The van der Waals surface area contributed by atoms with Crippen molar-refractivity contribution < 1.29 is 63.3 Å². The minimum Gasteiger partial charge on any atom is -0.442 e. The molecule has 1 aliphatic heterocycles. The standard InChI is InChI=1S/C13H12F10O4/c1-5(10(14,15)16)6(24)26-7(2)11(17,18)8(3,13(21,22)23)27-9(4,25)12(7,19)20/h25H,1H2,2-4H3. The van der Waals surface area contributed by atoms with Crippen LogP contribution in [0.1, 0.15) is 20.8 Å². The van der Waals surface area contributed by atoms with Gasteiger partial charge in [0.15, 0.2) is 0 Å². The lowest BCUT2D eigenvalue weighted by atomic mass is 9.73. The molecule has 0 aromatic heterocycles. The summed E-state index contributed by atoms with van der Waals surface area (Å²) in [5, 5.41) is 9.54. The van der Waals surface area contributed by atoms with Crippen LogP contribution in [-0.4, -0.2) is 52.3 Å². The van der Waals surface area contributed by atoms with Crippen LogP contribution in [0.3, 0.4) is 0 Å². The fraction of sp³-hybridized carbons (Fsp3) is 0.769. The summed E-state index contributed by atoms with van der Waals surface area (Å²) in [4.78, 5) is 11.4. The van der Waals surface area contributed by atoms with Gasteiger partial charge in [0.1, 0.15) is 5.57 Å². The van der Waals surface area contributed by atoms with Gasteiger partial charge in [-0.15, -0.1) is 0 Å². The molecule has 3 unspecified atom stereocenters. The number of esters is 1. The van der Waals surface area contributed by atoms with E-state index in [0.717, 1.165) is 0 Å². The highest BCUT2D eigenvalue weighted by atomic mass is 19.4. The highest BCUT2D eigenvalue weighted by molar-refractivity contribution is 5.89. The van der Waals surface area contributed by atoms with Crippen LogP contribution in [-0.2, 0) is 14.3 Å². The van der Waals surface area contributed by atoms with Gasteiger partial charge in [-0.1, -0.05) is 6.58 Å². The molecule has 1 rings (SSSR count). The molecule has 0 spiro atoms. The van der Waals surface area contributed by atoms with Gasteiger partial charge < -0.3 is 14.6 Å². The SMILES string of the molecule is C=C(C(=O)OC1(C)C(F)(F)C(C)(O)OC(C)(C(F)(F)F)C1(F)F)C(F)(F)F. The highest BCUT2D eigenvalue weighted by Gasteiger charge is 2.89. The summed E-state index contributed by atoms with van der Waals surface area (Å²) in [6, 6.07) is 0. The summed E-state index contributed by atoms with van der Waals surface area (Å²) >= 11 is 0. The Kier molecular flexibility index (Phi) is 4.97. The van der Waals surface area contributed by atoms with Gasteiger partial charge in [-0.3, -0.25) is 0 Å². The molecule has 0 bridgehead atoms. The molecule has 0 saturated carbocycles. The lowest BCUT2D eigenvalue weighted by Gasteiger charge is -2.57. The van der Waals surface area contributed by atoms with Crippen molar-refractivity contribution in [3.63, 3.8) is 0 Å². The molecule has 14 heteroatoms. The minimum atomic E-state index is -6.12. The topological polar surface area (TPSA) is 55.8 Å². The zero-order valence-electron chi connectivity index (χ0n) is 13.7. The first-order valence-corrected chi connectivity index (χ1v) is 6.74. The Morgan fingerprint density at radius 2 is 1.37 bits per heavy atom. The first kappa shape index (κ1) is 23.5. The van der Waals surface area contributed by atoms with Crippen molar-refractivity contribution in [1.29, 1.82) is 0 Å². The Balaban J connectivity index is 3.68. The molecule has 1 aliphatic rings. The van der Waals surface area contributed by atoms with E-state index in [1.54, 1.807) is 0 Å². The Morgan fingerprint density at radius 1 is 0.963 bits per heavy atom. The van der Waals surface area contributed by atoms with Crippen LogP contribution >= 0.6 is 0 Å². The summed E-state index contributed by atoms with van der Waals surface area (Å²) in [7, 11) is 0. The third-order valence-corrected chi connectivity index (χ3v) is 4.21. The number of halogens is 10. The number of ether oxygens (including phenoxy) is 2. The molecule has 1 fully saturated rings. The van der Waals surface area contributed by atoms with Crippen LogP contribution in [0.4, 0.5) is 43.9 Å². The van der Waals surface area contributed by atoms with Crippen LogP contribution in [0.15, 0.2) is 12.2 Å². The monoisotopic (exact) mass is 422 g/mol. The summed E-state index contributed by atoms with van der Waals surface area (Å²) in [5.41, 5.74) is -12.3. The molecule has 27 heavy (non-hydrogen) atoms. The number of hydrogen-bond donors (Lipinski definition) is 1. The summed E-state index contributed by atoms with van der Waals surface area (Å²) in [6.45, 7) is 1.11. The smallest absolute Gasteiger partial charge is 0.423 e. The lowest BCUT2D eigenvalue weighted by Crippen LogP contribution is -2.83. The van der Waals surface area contributed by atoms with Gasteiger partial charge >= 0.3 is 30.2 Å². The molecule has 0 aromatic carbocycles. The van der Waals surface area contributed by atoms with E-state index >= 15 is 0 Å². The van der Waals surface area contributed by atoms with E-state index in [-0.39, 0.29) is 6.92 Å². The van der Waals surface area contributed by atoms with Crippen molar-refractivity contribution in [2.24, 2.45) is 0 Å². The van der Waals surface area contributed by atoms with Crippen LogP contribution in [0, 0.1) is 0 Å². The molecule has 4 nitrogen and oxygen atoms in total. The Labute approximate surface area is 144 Å². The Hall–Kier alpha value is -1.57. The molecule has 0 aliphatic carbocycles. The van der Waals surface area contributed by atoms with Gasteiger partial charge in [-0.25, -0.2) is 4.79 Å². The normalized spacial score (nSPS) is 36.2. The van der Waals surface area contributed by atoms with Gasteiger partial charge in [0, 0.05) is 0 Å². The minimum absolute atomic E-state index is 0.142. The van der Waals surface area contributed by atoms with Crippen LogP contribution in [0.2, 0.25) is 0 Å². The van der Waals surface area contributed by atoms with Gasteiger partial charge in [-0.2, -0.15) is 43.9 Å². The molecule has 0 aromatic rings. The van der Waals surface area contributed by atoms with Crippen molar-refractivity contribution in [2.75, 3.05) is 0 Å². The van der Waals surface area contributed by atoms with Gasteiger partial charge in [0.2, 0.25) is 17.0 Å². The van der Waals surface area contributed by atoms with Crippen LogP contribution < -0.4 is 0 Å². The van der Waals surface area contributed by atoms with E-state index in [1.807, 2.05) is 0 Å². The third-order valence-electron chi connectivity index (χ3n) is 4.21. The second-order valence-corrected chi connectivity index (χ2v) is 6.16. The molecule has 0 radical (unpaired) electrons. The maximum atomic E-state index is 14.5. The lowest BCUT2D eigenvalue weighted by molar-refractivity contribution is -0.509. The summed E-state index contributed by atoms with van der Waals surface area (Å²) in [6.07, 6.45) is -11.7. The average Bonchev–Trinajstić information content (AvgIpc) is 2.41. The maximum absolute atomic E-state index is 14.5. The molecule has 1 heterocycles. The van der Waals surface area contributed by atoms with Crippen molar-refractivity contribution in [1.82, 2.24) is 0 Å². The van der Waals surface area contributed by atoms with E-state index in [9.17, 15) is 53.8 Å². The largest absolute Gasteiger partial charge is 0.442 e. The molecule has 1 N–H and O–H groups in total. The zero-order valence-corrected chi connectivity index (χ0v) is 13.7. The van der Waals surface area contributed by atoms with E-state index in [4.69, 9.17) is 0 Å². The van der Waals surface area contributed by atoms with Crippen molar-refractivity contribution >= 4 is 5.97 Å². The third kappa shape index (κ3) is 2.96. The molecular formula is C13H12F10O4. The van der Waals surface area contributed by atoms with E-state index in [1.165, 1.54) is 0 Å². The van der Waals surface area contributed by atoms with Crippen molar-refractivity contribution in [2.45, 2.75) is 62.0 Å². The number of hydrogen-bond acceptors (Lipinski definition) is 4.